The maximum Gasteiger partial charge on any atom is 0.433 e. The predicted octanol–water partition coefficient (Wildman–Crippen LogP) is 3.14. The van der Waals surface area contributed by atoms with Crippen molar-refractivity contribution in [2.45, 2.75) is 19.5 Å². The molecule has 0 atom stereocenters. The second-order valence-corrected chi connectivity index (χ2v) is 3.28. The standard InChI is InChI=1S/C10H9F3N2/c1-2-6-5-8-7(14-6)3-4-9(15-8)10(11,12)13/h3-5,14H,2H2,1H3. The summed E-state index contributed by atoms with van der Waals surface area (Å²) in [5.74, 6) is 0. The summed E-state index contributed by atoms with van der Waals surface area (Å²) >= 11 is 0. The zero-order chi connectivity index (χ0) is 11.1. The number of fused-ring (bicyclic) bond motifs is 1. The van der Waals surface area contributed by atoms with E-state index in [1.54, 1.807) is 6.07 Å². The van der Waals surface area contributed by atoms with Crippen molar-refractivity contribution in [2.24, 2.45) is 0 Å². The molecule has 0 spiro atoms. The van der Waals surface area contributed by atoms with Gasteiger partial charge in [-0.15, -0.1) is 0 Å². The lowest BCUT2D eigenvalue weighted by Gasteiger charge is -2.04. The van der Waals surface area contributed by atoms with Crippen LogP contribution in [0.1, 0.15) is 18.3 Å². The van der Waals surface area contributed by atoms with Crippen LogP contribution in [-0.2, 0) is 12.6 Å². The van der Waals surface area contributed by atoms with Gasteiger partial charge in [0.1, 0.15) is 5.69 Å². The van der Waals surface area contributed by atoms with Gasteiger partial charge in [-0.1, -0.05) is 6.92 Å². The molecule has 0 aliphatic heterocycles. The zero-order valence-electron chi connectivity index (χ0n) is 8.02. The Morgan fingerprint density at radius 1 is 1.33 bits per heavy atom. The number of H-pyrrole nitrogens is 1. The van der Waals surface area contributed by atoms with E-state index in [1.807, 2.05) is 6.92 Å². The van der Waals surface area contributed by atoms with Crippen molar-refractivity contribution in [1.29, 1.82) is 0 Å². The van der Waals surface area contributed by atoms with Crippen molar-refractivity contribution in [2.75, 3.05) is 0 Å². The van der Waals surface area contributed by atoms with Gasteiger partial charge in [-0.3, -0.25) is 0 Å². The average molecular weight is 214 g/mol. The number of halogens is 3. The van der Waals surface area contributed by atoms with E-state index in [-0.39, 0.29) is 0 Å². The molecule has 2 heterocycles. The number of pyridine rings is 1. The summed E-state index contributed by atoms with van der Waals surface area (Å²) in [5, 5.41) is 0. The first kappa shape index (κ1) is 10.0. The molecule has 0 radical (unpaired) electrons. The number of alkyl halides is 3. The van der Waals surface area contributed by atoms with Crippen molar-refractivity contribution in [1.82, 2.24) is 9.97 Å². The van der Waals surface area contributed by atoms with Crippen molar-refractivity contribution >= 4 is 11.0 Å². The minimum absolute atomic E-state index is 0.363. The van der Waals surface area contributed by atoms with Crippen LogP contribution in [0, 0.1) is 0 Å². The Labute approximate surface area is 84.1 Å². The number of hydrogen-bond acceptors (Lipinski definition) is 1. The molecule has 80 valence electrons. The smallest absolute Gasteiger partial charge is 0.357 e. The highest BCUT2D eigenvalue weighted by Crippen LogP contribution is 2.28. The maximum atomic E-state index is 12.3. The molecule has 2 nitrogen and oxygen atoms in total. The lowest BCUT2D eigenvalue weighted by Crippen LogP contribution is -2.07. The molecule has 2 aromatic rings. The monoisotopic (exact) mass is 214 g/mol. The highest BCUT2D eigenvalue weighted by atomic mass is 19.4. The van der Waals surface area contributed by atoms with Gasteiger partial charge >= 0.3 is 6.18 Å². The van der Waals surface area contributed by atoms with E-state index < -0.39 is 11.9 Å². The molecule has 5 heteroatoms. The highest BCUT2D eigenvalue weighted by Gasteiger charge is 2.32. The van der Waals surface area contributed by atoms with Crippen LogP contribution in [0.25, 0.3) is 11.0 Å². The molecule has 0 bridgehead atoms. The number of aryl methyl sites for hydroxylation is 1. The second-order valence-electron chi connectivity index (χ2n) is 3.28. The number of rotatable bonds is 1. The minimum atomic E-state index is -4.38. The number of nitrogens with zero attached hydrogens (tertiary/aromatic N) is 1. The first-order valence-electron chi connectivity index (χ1n) is 4.56. The number of aromatic nitrogens is 2. The fourth-order valence-electron chi connectivity index (χ4n) is 1.41. The van der Waals surface area contributed by atoms with Crippen LogP contribution < -0.4 is 0 Å². The molecule has 0 aromatic carbocycles. The van der Waals surface area contributed by atoms with Crippen molar-refractivity contribution in [3.63, 3.8) is 0 Å². The van der Waals surface area contributed by atoms with Gasteiger partial charge < -0.3 is 4.98 Å². The molecule has 0 saturated carbocycles. The maximum absolute atomic E-state index is 12.3. The van der Waals surface area contributed by atoms with Crippen molar-refractivity contribution < 1.29 is 13.2 Å². The van der Waals surface area contributed by atoms with Gasteiger partial charge in [-0.2, -0.15) is 13.2 Å². The Bertz CT molecular complexity index is 485. The molecule has 0 saturated heterocycles. The fourth-order valence-corrected chi connectivity index (χ4v) is 1.41. The van der Waals surface area contributed by atoms with Gasteiger partial charge in [-0.05, 0) is 24.6 Å². The van der Waals surface area contributed by atoms with Crippen LogP contribution in [0.3, 0.4) is 0 Å². The van der Waals surface area contributed by atoms with E-state index in [0.29, 0.717) is 11.0 Å². The molecule has 0 aliphatic carbocycles. The highest BCUT2D eigenvalue weighted by molar-refractivity contribution is 5.76. The molecule has 0 fully saturated rings. The summed E-state index contributed by atoms with van der Waals surface area (Å²) in [5.41, 5.74) is 1.04. The first-order chi connectivity index (χ1) is 7.00. The van der Waals surface area contributed by atoms with Crippen LogP contribution in [0.15, 0.2) is 18.2 Å². The van der Waals surface area contributed by atoms with Gasteiger partial charge in [-0.25, -0.2) is 4.98 Å². The summed E-state index contributed by atoms with van der Waals surface area (Å²) in [7, 11) is 0. The summed E-state index contributed by atoms with van der Waals surface area (Å²) < 4.78 is 37.0. The van der Waals surface area contributed by atoms with E-state index in [0.717, 1.165) is 18.2 Å². The lowest BCUT2D eigenvalue weighted by atomic mass is 10.3. The Hall–Kier alpha value is -1.52. The first-order valence-corrected chi connectivity index (χ1v) is 4.56. The van der Waals surface area contributed by atoms with Gasteiger partial charge in [0, 0.05) is 5.69 Å². The van der Waals surface area contributed by atoms with E-state index in [1.165, 1.54) is 6.07 Å². The van der Waals surface area contributed by atoms with Gasteiger partial charge in [0.25, 0.3) is 0 Å². The number of aromatic amines is 1. The number of hydrogen-bond donors (Lipinski definition) is 1. The lowest BCUT2D eigenvalue weighted by molar-refractivity contribution is -0.140. The second kappa shape index (κ2) is 3.25. The van der Waals surface area contributed by atoms with E-state index >= 15 is 0 Å². The van der Waals surface area contributed by atoms with Gasteiger partial charge in [0.15, 0.2) is 0 Å². The average Bonchev–Trinajstić information content (AvgIpc) is 2.57. The summed E-state index contributed by atoms with van der Waals surface area (Å²) in [6, 6.07) is 4.03. The third kappa shape index (κ3) is 1.82. The molecular weight excluding hydrogens is 205 g/mol. The molecule has 2 aromatic heterocycles. The van der Waals surface area contributed by atoms with Crippen LogP contribution in [0.5, 0.6) is 0 Å². The Balaban J connectivity index is 2.55. The quantitative estimate of drug-likeness (QED) is 0.776. The summed E-state index contributed by atoms with van der Waals surface area (Å²) in [4.78, 5) is 6.55. The van der Waals surface area contributed by atoms with Crippen molar-refractivity contribution in [3.8, 4) is 0 Å². The van der Waals surface area contributed by atoms with Gasteiger partial charge in [0.2, 0.25) is 0 Å². The zero-order valence-corrected chi connectivity index (χ0v) is 8.02. The van der Waals surface area contributed by atoms with Crippen molar-refractivity contribution in [3.05, 3.63) is 29.6 Å². The Kier molecular flexibility index (Phi) is 2.17. The molecule has 0 amide bonds. The molecule has 1 N–H and O–H groups in total. The molecule has 15 heavy (non-hydrogen) atoms. The van der Waals surface area contributed by atoms with E-state index in [9.17, 15) is 13.2 Å². The van der Waals surface area contributed by atoms with Crippen LogP contribution >= 0.6 is 0 Å². The van der Waals surface area contributed by atoms with Crippen LogP contribution in [0.4, 0.5) is 13.2 Å². The largest absolute Gasteiger partial charge is 0.433 e. The molecule has 0 aliphatic rings. The Morgan fingerprint density at radius 3 is 2.67 bits per heavy atom. The van der Waals surface area contributed by atoms with Crippen LogP contribution in [-0.4, -0.2) is 9.97 Å². The third-order valence-corrected chi connectivity index (χ3v) is 2.20. The topological polar surface area (TPSA) is 28.7 Å². The predicted molar refractivity (Wildman–Crippen MR) is 50.5 cm³/mol. The number of nitrogens with one attached hydrogen (secondary N) is 1. The summed E-state index contributed by atoms with van der Waals surface area (Å²) in [6.45, 7) is 1.93. The van der Waals surface area contributed by atoms with Crippen LogP contribution in [0.2, 0.25) is 0 Å². The SMILES string of the molecule is CCc1cc2nc(C(F)(F)F)ccc2[nH]1. The minimum Gasteiger partial charge on any atom is -0.357 e. The third-order valence-electron chi connectivity index (χ3n) is 2.20. The normalized spacial score (nSPS) is 12.3. The summed E-state index contributed by atoms with van der Waals surface area (Å²) in [6.07, 6.45) is -3.63. The Morgan fingerprint density at radius 2 is 2.07 bits per heavy atom. The molecular formula is C10H9F3N2. The van der Waals surface area contributed by atoms with E-state index in [4.69, 9.17) is 0 Å². The van der Waals surface area contributed by atoms with Gasteiger partial charge in [0.05, 0.1) is 11.0 Å². The fraction of sp³-hybridized carbons (Fsp3) is 0.300. The van der Waals surface area contributed by atoms with E-state index in [2.05, 4.69) is 9.97 Å². The molecule has 0 unspecified atom stereocenters. The molecule has 2 rings (SSSR count).